The summed E-state index contributed by atoms with van der Waals surface area (Å²) in [5.41, 5.74) is 4.72. The Kier molecular flexibility index (Phi) is 4.29. The molecule has 0 aliphatic rings. The van der Waals surface area contributed by atoms with Gasteiger partial charge in [0.15, 0.2) is 0 Å². The second-order valence-corrected chi connectivity index (χ2v) is 5.71. The number of fused-ring (bicyclic) bond motifs is 1. The molecule has 0 aliphatic carbocycles. The molecule has 0 aliphatic heterocycles. The Morgan fingerprint density at radius 2 is 1.43 bits per heavy atom. The van der Waals surface area contributed by atoms with Crippen molar-refractivity contribution in [2.45, 2.75) is 6.92 Å². The number of hydrogen-bond acceptors (Lipinski definition) is 1. The van der Waals surface area contributed by atoms with E-state index < -0.39 is 0 Å². The number of para-hydroxylation sites is 1. The molecule has 0 radical (unpaired) electrons. The standard InChI is InChI=1S/C22H21N/c1-4-18-15-19-10-8-9-11-20(19)16-21(18)14-17(2)23(3)22-12-6-5-7-13-22/h4-16H,1H2,2-3H3/b17-14+. The smallest absolute Gasteiger partial charge is 0.0405 e. The van der Waals surface area contributed by atoms with Crippen molar-refractivity contribution in [3.05, 3.63) is 90.1 Å². The van der Waals surface area contributed by atoms with Crippen molar-refractivity contribution in [1.29, 1.82) is 0 Å². The van der Waals surface area contributed by atoms with Gasteiger partial charge in [-0.1, -0.05) is 55.1 Å². The van der Waals surface area contributed by atoms with Crippen LogP contribution in [0.15, 0.2) is 79.0 Å². The van der Waals surface area contributed by atoms with Crippen LogP contribution in [0.3, 0.4) is 0 Å². The van der Waals surface area contributed by atoms with E-state index in [2.05, 4.69) is 92.2 Å². The van der Waals surface area contributed by atoms with Gasteiger partial charge in [-0.2, -0.15) is 0 Å². The summed E-state index contributed by atoms with van der Waals surface area (Å²) in [7, 11) is 2.09. The predicted octanol–water partition coefficient (Wildman–Crippen LogP) is 5.98. The molecular weight excluding hydrogens is 278 g/mol. The van der Waals surface area contributed by atoms with Crippen LogP contribution >= 0.6 is 0 Å². The molecule has 0 saturated carbocycles. The molecule has 23 heavy (non-hydrogen) atoms. The zero-order valence-electron chi connectivity index (χ0n) is 13.7. The van der Waals surface area contributed by atoms with Gasteiger partial charge < -0.3 is 4.90 Å². The molecule has 0 heterocycles. The molecule has 3 aromatic rings. The zero-order chi connectivity index (χ0) is 16.2. The second-order valence-electron chi connectivity index (χ2n) is 5.71. The molecule has 3 aromatic carbocycles. The number of hydrogen-bond donors (Lipinski definition) is 0. The van der Waals surface area contributed by atoms with Crippen molar-refractivity contribution in [1.82, 2.24) is 0 Å². The molecular formula is C22H21N. The fourth-order valence-electron chi connectivity index (χ4n) is 2.75. The molecule has 0 saturated heterocycles. The zero-order valence-corrected chi connectivity index (χ0v) is 13.7. The van der Waals surface area contributed by atoms with Crippen LogP contribution in [0.4, 0.5) is 5.69 Å². The van der Waals surface area contributed by atoms with Gasteiger partial charge >= 0.3 is 0 Å². The fraction of sp³-hybridized carbons (Fsp3) is 0.0909. The Hall–Kier alpha value is -2.80. The minimum atomic E-state index is 1.16. The SMILES string of the molecule is C=Cc1cc2ccccc2cc1/C=C(\C)N(C)c1ccccc1. The van der Waals surface area contributed by atoms with Gasteiger partial charge in [-0.15, -0.1) is 0 Å². The summed E-state index contributed by atoms with van der Waals surface area (Å²) < 4.78 is 0. The van der Waals surface area contributed by atoms with E-state index in [1.165, 1.54) is 27.7 Å². The Balaban J connectivity index is 2.03. The van der Waals surface area contributed by atoms with Crippen molar-refractivity contribution in [3.8, 4) is 0 Å². The van der Waals surface area contributed by atoms with Gasteiger partial charge in [0.25, 0.3) is 0 Å². The van der Waals surface area contributed by atoms with Crippen molar-refractivity contribution in [3.63, 3.8) is 0 Å². The van der Waals surface area contributed by atoms with E-state index in [-0.39, 0.29) is 0 Å². The average molecular weight is 299 g/mol. The summed E-state index contributed by atoms with van der Waals surface area (Å²) in [6.07, 6.45) is 4.14. The summed E-state index contributed by atoms with van der Waals surface area (Å²) >= 11 is 0. The van der Waals surface area contributed by atoms with Gasteiger partial charge in [0.2, 0.25) is 0 Å². The maximum absolute atomic E-state index is 3.97. The first-order valence-electron chi connectivity index (χ1n) is 7.81. The van der Waals surface area contributed by atoms with Crippen molar-refractivity contribution in [2.24, 2.45) is 0 Å². The largest absolute Gasteiger partial charge is 0.348 e. The highest BCUT2D eigenvalue weighted by atomic mass is 15.1. The monoisotopic (exact) mass is 299 g/mol. The third-order valence-corrected chi connectivity index (χ3v) is 4.21. The molecule has 0 N–H and O–H groups in total. The van der Waals surface area contributed by atoms with E-state index in [0.29, 0.717) is 0 Å². The minimum absolute atomic E-state index is 1.16. The molecule has 114 valence electrons. The third-order valence-electron chi connectivity index (χ3n) is 4.21. The number of benzene rings is 3. The van der Waals surface area contributed by atoms with Crippen LogP contribution in [0.2, 0.25) is 0 Å². The maximum atomic E-state index is 3.97. The lowest BCUT2D eigenvalue weighted by Crippen LogP contribution is -2.13. The fourth-order valence-corrected chi connectivity index (χ4v) is 2.75. The maximum Gasteiger partial charge on any atom is 0.0405 e. The summed E-state index contributed by atoms with van der Waals surface area (Å²) in [6, 6.07) is 23.3. The van der Waals surface area contributed by atoms with E-state index >= 15 is 0 Å². The molecule has 0 aromatic heterocycles. The molecule has 0 fully saturated rings. The lowest BCUT2D eigenvalue weighted by atomic mass is 10.00. The molecule has 0 spiro atoms. The minimum Gasteiger partial charge on any atom is -0.348 e. The van der Waals surface area contributed by atoms with E-state index in [9.17, 15) is 0 Å². The first kappa shape index (κ1) is 15.1. The average Bonchev–Trinajstić information content (AvgIpc) is 2.61. The Morgan fingerprint density at radius 3 is 2.04 bits per heavy atom. The number of allylic oxidation sites excluding steroid dienone is 1. The first-order chi connectivity index (χ1) is 11.2. The molecule has 0 unspecified atom stereocenters. The van der Waals surface area contributed by atoms with Crippen LogP contribution in [0, 0.1) is 0 Å². The molecule has 3 rings (SSSR count). The second kappa shape index (κ2) is 6.53. The summed E-state index contributed by atoms with van der Waals surface area (Å²) in [5.74, 6) is 0. The Labute approximate surface area is 138 Å². The van der Waals surface area contributed by atoms with E-state index in [1.807, 2.05) is 12.1 Å². The topological polar surface area (TPSA) is 3.24 Å². The van der Waals surface area contributed by atoms with Gasteiger partial charge in [-0.3, -0.25) is 0 Å². The van der Waals surface area contributed by atoms with Gasteiger partial charge in [-0.05, 0) is 59.2 Å². The normalized spacial score (nSPS) is 11.5. The van der Waals surface area contributed by atoms with E-state index in [0.717, 1.165) is 5.56 Å². The summed E-state index contributed by atoms with van der Waals surface area (Å²) in [6.45, 7) is 6.10. The highest BCUT2D eigenvalue weighted by molar-refractivity contribution is 5.88. The molecule has 1 heteroatoms. The van der Waals surface area contributed by atoms with Crippen molar-refractivity contribution in [2.75, 3.05) is 11.9 Å². The van der Waals surface area contributed by atoms with Gasteiger partial charge in [0.1, 0.15) is 0 Å². The quantitative estimate of drug-likeness (QED) is 0.573. The van der Waals surface area contributed by atoms with Crippen molar-refractivity contribution >= 4 is 28.6 Å². The van der Waals surface area contributed by atoms with Crippen LogP contribution in [0.5, 0.6) is 0 Å². The highest BCUT2D eigenvalue weighted by Gasteiger charge is 2.05. The van der Waals surface area contributed by atoms with Crippen LogP contribution < -0.4 is 4.90 Å². The van der Waals surface area contributed by atoms with E-state index in [4.69, 9.17) is 0 Å². The van der Waals surface area contributed by atoms with Gasteiger partial charge in [0, 0.05) is 18.4 Å². The van der Waals surface area contributed by atoms with Crippen molar-refractivity contribution < 1.29 is 0 Å². The molecule has 0 atom stereocenters. The lowest BCUT2D eigenvalue weighted by molar-refractivity contribution is 1.10. The summed E-state index contributed by atoms with van der Waals surface area (Å²) in [4.78, 5) is 2.20. The van der Waals surface area contributed by atoms with E-state index in [1.54, 1.807) is 0 Å². The number of nitrogens with zero attached hydrogens (tertiary/aromatic N) is 1. The highest BCUT2D eigenvalue weighted by Crippen LogP contribution is 2.25. The van der Waals surface area contributed by atoms with Crippen LogP contribution in [-0.2, 0) is 0 Å². The Bertz CT molecular complexity index is 860. The van der Waals surface area contributed by atoms with Gasteiger partial charge in [-0.25, -0.2) is 0 Å². The predicted molar refractivity (Wildman–Crippen MR) is 103 cm³/mol. The molecule has 0 amide bonds. The molecule has 1 nitrogen and oxygen atoms in total. The summed E-state index contributed by atoms with van der Waals surface area (Å²) in [5, 5.41) is 2.49. The number of anilines is 1. The van der Waals surface area contributed by atoms with Gasteiger partial charge in [0.05, 0.1) is 0 Å². The Morgan fingerprint density at radius 1 is 0.870 bits per heavy atom. The lowest BCUT2D eigenvalue weighted by Gasteiger charge is -2.20. The number of rotatable bonds is 4. The third kappa shape index (κ3) is 3.19. The molecule has 0 bridgehead atoms. The van der Waals surface area contributed by atoms with Crippen LogP contribution in [-0.4, -0.2) is 7.05 Å². The van der Waals surface area contributed by atoms with Crippen LogP contribution in [0.25, 0.3) is 22.9 Å². The first-order valence-corrected chi connectivity index (χ1v) is 7.81. The van der Waals surface area contributed by atoms with Crippen LogP contribution in [0.1, 0.15) is 18.1 Å².